The molecule has 0 saturated heterocycles. The molecule has 2 N–H and O–H groups in total. The molecule has 1 unspecified atom stereocenters. The maximum atomic E-state index is 11.8. The molecule has 0 radical (unpaired) electrons. The number of hydrogen-bond donors (Lipinski definition) is 1. The van der Waals surface area contributed by atoms with E-state index in [0.717, 1.165) is 17.2 Å². The van der Waals surface area contributed by atoms with Crippen molar-refractivity contribution in [2.24, 2.45) is 5.73 Å². The van der Waals surface area contributed by atoms with Gasteiger partial charge in [-0.25, -0.2) is 0 Å². The number of likely N-dealkylation sites (N-methyl/N-ethyl adjacent to an activating group) is 1. The summed E-state index contributed by atoms with van der Waals surface area (Å²) < 4.78 is 0. The van der Waals surface area contributed by atoms with Crippen molar-refractivity contribution in [3.63, 3.8) is 0 Å². The molecule has 5 heteroatoms. The van der Waals surface area contributed by atoms with Gasteiger partial charge in [-0.2, -0.15) is 11.8 Å². The lowest BCUT2D eigenvalue weighted by Gasteiger charge is -2.20. The van der Waals surface area contributed by atoms with Gasteiger partial charge in [-0.15, -0.1) is 11.3 Å². The van der Waals surface area contributed by atoms with E-state index in [1.54, 1.807) is 23.7 Å². The lowest BCUT2D eigenvalue weighted by molar-refractivity contribution is -0.131. The maximum Gasteiger partial charge on any atom is 0.244 e. The van der Waals surface area contributed by atoms with Gasteiger partial charge in [-0.3, -0.25) is 4.79 Å². The highest BCUT2D eigenvalue weighted by Crippen LogP contribution is 2.18. The van der Waals surface area contributed by atoms with Gasteiger partial charge in [0.2, 0.25) is 5.91 Å². The van der Waals surface area contributed by atoms with Gasteiger partial charge >= 0.3 is 0 Å². The summed E-state index contributed by atoms with van der Waals surface area (Å²) in [5.74, 6) is 0.936. The third-order valence-corrected chi connectivity index (χ3v) is 3.67. The van der Waals surface area contributed by atoms with Crippen LogP contribution in [0.3, 0.4) is 0 Å². The molecule has 1 amide bonds. The fraction of sp³-hybridized carbons (Fsp3) is 0.500. The number of rotatable bonds is 5. The van der Waals surface area contributed by atoms with Crippen LogP contribution in [-0.4, -0.2) is 36.4 Å². The average Bonchev–Trinajstić information content (AvgIpc) is 2.77. The lowest BCUT2D eigenvalue weighted by Crippen LogP contribution is -2.36. The molecule has 0 bridgehead atoms. The van der Waals surface area contributed by atoms with Gasteiger partial charge in [0.05, 0.1) is 0 Å². The maximum absolute atomic E-state index is 11.8. The first-order valence-electron chi connectivity index (χ1n) is 4.69. The zero-order valence-electron chi connectivity index (χ0n) is 8.97. The number of amides is 1. The molecule has 1 atom stereocenters. The van der Waals surface area contributed by atoms with Crippen molar-refractivity contribution >= 4 is 29.0 Å². The van der Waals surface area contributed by atoms with Crippen molar-refractivity contribution < 1.29 is 4.79 Å². The van der Waals surface area contributed by atoms with E-state index in [2.05, 4.69) is 0 Å². The zero-order chi connectivity index (χ0) is 11.3. The SMILES string of the molecule is CSCCN(C)C(=O)C(N)c1cccs1. The topological polar surface area (TPSA) is 46.3 Å². The summed E-state index contributed by atoms with van der Waals surface area (Å²) in [4.78, 5) is 14.5. The minimum absolute atomic E-state index is 0.00787. The molecule has 84 valence electrons. The molecular formula is C10H16N2OS2. The van der Waals surface area contributed by atoms with Crippen molar-refractivity contribution in [1.82, 2.24) is 4.90 Å². The summed E-state index contributed by atoms with van der Waals surface area (Å²) in [6.45, 7) is 0.749. The van der Waals surface area contributed by atoms with Crippen LogP contribution in [0, 0.1) is 0 Å². The summed E-state index contributed by atoms with van der Waals surface area (Å²) in [6, 6.07) is 3.31. The van der Waals surface area contributed by atoms with Gasteiger partial charge in [-0.1, -0.05) is 6.07 Å². The molecular weight excluding hydrogens is 228 g/mol. The Bertz CT molecular complexity index is 300. The Balaban J connectivity index is 2.52. The van der Waals surface area contributed by atoms with Crippen LogP contribution in [0.5, 0.6) is 0 Å². The first-order chi connectivity index (χ1) is 7.16. The van der Waals surface area contributed by atoms with Crippen molar-refractivity contribution in [2.45, 2.75) is 6.04 Å². The number of nitrogens with two attached hydrogens (primary N) is 1. The van der Waals surface area contributed by atoms with Crippen LogP contribution in [0.15, 0.2) is 17.5 Å². The second-order valence-corrected chi connectivity index (χ2v) is 5.21. The molecule has 0 aliphatic rings. The summed E-state index contributed by atoms with van der Waals surface area (Å²) in [7, 11) is 1.80. The van der Waals surface area contributed by atoms with E-state index >= 15 is 0 Å². The van der Waals surface area contributed by atoms with E-state index in [0.29, 0.717) is 0 Å². The Labute approximate surface area is 98.6 Å². The van der Waals surface area contributed by atoms with Crippen LogP contribution < -0.4 is 5.73 Å². The van der Waals surface area contributed by atoms with Crippen molar-refractivity contribution in [2.75, 3.05) is 25.6 Å². The first kappa shape index (κ1) is 12.5. The largest absolute Gasteiger partial charge is 0.343 e. The fourth-order valence-corrected chi connectivity index (χ4v) is 2.34. The molecule has 0 aliphatic heterocycles. The molecule has 15 heavy (non-hydrogen) atoms. The van der Waals surface area contributed by atoms with Gasteiger partial charge in [-0.05, 0) is 17.7 Å². The number of carbonyl (C=O) groups is 1. The number of thiophene rings is 1. The highest BCUT2D eigenvalue weighted by atomic mass is 32.2. The van der Waals surface area contributed by atoms with Gasteiger partial charge in [0.15, 0.2) is 0 Å². The minimum Gasteiger partial charge on any atom is -0.343 e. The standard InChI is InChI=1S/C10H16N2OS2/c1-12(5-7-14-2)10(13)9(11)8-4-3-6-15-8/h3-4,6,9H,5,7,11H2,1-2H3. The van der Waals surface area contributed by atoms with Gasteiger partial charge in [0, 0.05) is 24.2 Å². The minimum atomic E-state index is -0.503. The van der Waals surface area contributed by atoms with Gasteiger partial charge in [0.1, 0.15) is 6.04 Å². The molecule has 0 aromatic carbocycles. The van der Waals surface area contributed by atoms with E-state index in [9.17, 15) is 4.79 Å². The molecule has 3 nitrogen and oxygen atoms in total. The molecule has 0 aliphatic carbocycles. The predicted octanol–water partition coefficient (Wildman–Crippen LogP) is 1.57. The number of nitrogens with zero attached hydrogens (tertiary/aromatic N) is 1. The van der Waals surface area contributed by atoms with Gasteiger partial charge in [0.25, 0.3) is 0 Å². The molecule has 0 spiro atoms. The Morgan fingerprint density at radius 1 is 1.73 bits per heavy atom. The van der Waals surface area contributed by atoms with Crippen LogP contribution in [0.2, 0.25) is 0 Å². The van der Waals surface area contributed by atoms with Gasteiger partial charge < -0.3 is 10.6 Å². The molecule has 1 heterocycles. The van der Waals surface area contributed by atoms with Crippen molar-refractivity contribution in [3.05, 3.63) is 22.4 Å². The summed E-state index contributed by atoms with van der Waals surface area (Å²) in [5, 5.41) is 1.93. The normalized spacial score (nSPS) is 12.5. The third kappa shape index (κ3) is 3.52. The summed E-state index contributed by atoms with van der Waals surface area (Å²) in [5.41, 5.74) is 5.87. The van der Waals surface area contributed by atoms with Crippen LogP contribution in [0.25, 0.3) is 0 Å². The summed E-state index contributed by atoms with van der Waals surface area (Å²) in [6.07, 6.45) is 2.03. The molecule has 1 rings (SSSR count). The number of carbonyl (C=O) groups excluding carboxylic acids is 1. The van der Waals surface area contributed by atoms with E-state index in [4.69, 9.17) is 5.73 Å². The Morgan fingerprint density at radius 2 is 2.47 bits per heavy atom. The molecule has 1 aromatic rings. The highest BCUT2D eigenvalue weighted by Gasteiger charge is 2.19. The zero-order valence-corrected chi connectivity index (χ0v) is 10.6. The Morgan fingerprint density at radius 3 is 3.00 bits per heavy atom. The smallest absolute Gasteiger partial charge is 0.244 e. The number of hydrogen-bond acceptors (Lipinski definition) is 4. The van der Waals surface area contributed by atoms with E-state index < -0.39 is 6.04 Å². The van der Waals surface area contributed by atoms with Crippen LogP contribution >= 0.6 is 23.1 Å². The summed E-state index contributed by atoms with van der Waals surface area (Å²) >= 11 is 3.25. The quantitative estimate of drug-likeness (QED) is 0.855. The first-order valence-corrected chi connectivity index (χ1v) is 6.97. The average molecular weight is 244 g/mol. The third-order valence-electron chi connectivity index (χ3n) is 2.12. The second-order valence-electron chi connectivity index (χ2n) is 3.25. The van der Waals surface area contributed by atoms with Crippen LogP contribution in [-0.2, 0) is 4.79 Å². The van der Waals surface area contributed by atoms with Crippen molar-refractivity contribution in [1.29, 1.82) is 0 Å². The Hall–Kier alpha value is -0.520. The monoisotopic (exact) mass is 244 g/mol. The molecule has 0 fully saturated rings. The molecule has 1 aromatic heterocycles. The van der Waals surface area contributed by atoms with Crippen molar-refractivity contribution in [3.8, 4) is 0 Å². The lowest BCUT2D eigenvalue weighted by atomic mass is 10.2. The van der Waals surface area contributed by atoms with E-state index in [1.807, 2.05) is 23.8 Å². The number of thioether (sulfide) groups is 1. The fourth-order valence-electron chi connectivity index (χ4n) is 1.17. The Kier molecular flexibility index (Phi) is 5.14. The predicted molar refractivity (Wildman–Crippen MR) is 67.3 cm³/mol. The van der Waals surface area contributed by atoms with E-state index in [1.165, 1.54) is 11.3 Å². The highest BCUT2D eigenvalue weighted by molar-refractivity contribution is 7.98. The second kappa shape index (κ2) is 6.15. The van der Waals surface area contributed by atoms with E-state index in [-0.39, 0.29) is 5.91 Å². The molecule has 0 saturated carbocycles. The van der Waals surface area contributed by atoms with Crippen LogP contribution in [0.1, 0.15) is 10.9 Å². The van der Waals surface area contributed by atoms with Crippen LogP contribution in [0.4, 0.5) is 0 Å².